The monoisotopic (exact) mass is 245 g/mol. The van der Waals surface area contributed by atoms with Gasteiger partial charge in [0.05, 0.1) is 12.1 Å². The minimum atomic E-state index is 0.590. The number of nitrogens with one attached hydrogen (secondary N) is 1. The topological polar surface area (TPSA) is 51.0 Å². The molecule has 0 saturated heterocycles. The molecule has 0 fully saturated rings. The van der Waals surface area contributed by atoms with Crippen LogP contribution in [-0.4, -0.2) is 17.2 Å². The predicted octanol–water partition coefficient (Wildman–Crippen LogP) is 2.67. The van der Waals surface area contributed by atoms with Crippen molar-refractivity contribution in [3.05, 3.63) is 35.5 Å². The van der Waals surface area contributed by atoms with Crippen molar-refractivity contribution in [3.8, 4) is 11.5 Å². The minimum Gasteiger partial charge on any atom is -0.419 e. The standard InChI is InChI=1S/C12H11N3OS/c1-13-6-11-14-15-12(16-11)9-7-17-10-5-3-2-4-8(9)10/h2-5,7,13H,6H2,1H3. The summed E-state index contributed by atoms with van der Waals surface area (Å²) in [5.74, 6) is 1.20. The van der Waals surface area contributed by atoms with Crippen LogP contribution < -0.4 is 5.32 Å². The van der Waals surface area contributed by atoms with Crippen molar-refractivity contribution >= 4 is 21.4 Å². The second-order valence-corrected chi connectivity index (χ2v) is 4.59. The third kappa shape index (κ3) is 1.83. The molecule has 4 nitrogen and oxygen atoms in total. The van der Waals surface area contributed by atoms with E-state index in [0.29, 0.717) is 18.3 Å². The van der Waals surface area contributed by atoms with E-state index in [1.165, 1.54) is 4.70 Å². The summed E-state index contributed by atoms with van der Waals surface area (Å²) in [5, 5.41) is 14.3. The lowest BCUT2D eigenvalue weighted by Gasteiger charge is -1.92. The van der Waals surface area contributed by atoms with Crippen LogP contribution in [0.4, 0.5) is 0 Å². The van der Waals surface area contributed by atoms with Gasteiger partial charge in [-0.15, -0.1) is 21.5 Å². The second kappa shape index (κ2) is 4.27. The molecule has 1 aromatic carbocycles. The van der Waals surface area contributed by atoms with Crippen molar-refractivity contribution in [2.75, 3.05) is 7.05 Å². The maximum Gasteiger partial charge on any atom is 0.249 e. The minimum absolute atomic E-state index is 0.590. The number of fused-ring (bicyclic) bond motifs is 1. The molecule has 2 aromatic heterocycles. The molecule has 0 amide bonds. The van der Waals surface area contributed by atoms with Crippen LogP contribution in [0.15, 0.2) is 34.1 Å². The van der Waals surface area contributed by atoms with E-state index in [0.717, 1.165) is 10.9 Å². The number of benzene rings is 1. The van der Waals surface area contributed by atoms with E-state index in [4.69, 9.17) is 4.42 Å². The van der Waals surface area contributed by atoms with Crippen molar-refractivity contribution in [2.45, 2.75) is 6.54 Å². The first-order chi connectivity index (χ1) is 8.38. The first kappa shape index (κ1) is 10.4. The van der Waals surface area contributed by atoms with Crippen LogP contribution in [-0.2, 0) is 6.54 Å². The number of hydrogen-bond acceptors (Lipinski definition) is 5. The van der Waals surface area contributed by atoms with Crippen molar-refractivity contribution in [3.63, 3.8) is 0 Å². The molecule has 5 heteroatoms. The third-order valence-electron chi connectivity index (χ3n) is 2.51. The van der Waals surface area contributed by atoms with Gasteiger partial charge < -0.3 is 9.73 Å². The lowest BCUT2D eigenvalue weighted by Crippen LogP contribution is -2.04. The number of hydrogen-bond donors (Lipinski definition) is 1. The zero-order chi connectivity index (χ0) is 11.7. The largest absolute Gasteiger partial charge is 0.419 e. The molecule has 0 aliphatic rings. The summed E-state index contributed by atoms with van der Waals surface area (Å²) in [5.41, 5.74) is 1.01. The van der Waals surface area contributed by atoms with Gasteiger partial charge in [-0.25, -0.2) is 0 Å². The van der Waals surface area contributed by atoms with Crippen molar-refractivity contribution in [1.82, 2.24) is 15.5 Å². The van der Waals surface area contributed by atoms with Crippen molar-refractivity contribution in [2.24, 2.45) is 0 Å². The molecule has 17 heavy (non-hydrogen) atoms. The third-order valence-corrected chi connectivity index (χ3v) is 3.47. The number of nitrogens with zero attached hydrogens (tertiary/aromatic N) is 2. The van der Waals surface area contributed by atoms with E-state index in [-0.39, 0.29) is 0 Å². The Morgan fingerprint density at radius 2 is 2.18 bits per heavy atom. The number of thiophene rings is 1. The molecule has 0 aliphatic carbocycles. The predicted molar refractivity (Wildman–Crippen MR) is 67.9 cm³/mol. The van der Waals surface area contributed by atoms with Crippen LogP contribution in [0.25, 0.3) is 21.5 Å². The van der Waals surface area contributed by atoms with Crippen LogP contribution in [0.2, 0.25) is 0 Å². The fraction of sp³-hybridized carbons (Fsp3) is 0.167. The summed E-state index contributed by atoms with van der Waals surface area (Å²) in [7, 11) is 1.85. The van der Waals surface area contributed by atoms with Gasteiger partial charge in [0, 0.05) is 15.5 Å². The highest BCUT2D eigenvalue weighted by molar-refractivity contribution is 7.17. The fourth-order valence-corrected chi connectivity index (χ4v) is 2.66. The lowest BCUT2D eigenvalue weighted by atomic mass is 10.2. The van der Waals surface area contributed by atoms with Crippen molar-refractivity contribution < 1.29 is 4.42 Å². The Bertz CT molecular complexity index is 644. The van der Waals surface area contributed by atoms with Crippen LogP contribution in [0, 0.1) is 0 Å². The van der Waals surface area contributed by atoms with Crippen molar-refractivity contribution in [1.29, 1.82) is 0 Å². The Morgan fingerprint density at radius 3 is 3.06 bits per heavy atom. The number of rotatable bonds is 3. The number of aromatic nitrogens is 2. The average molecular weight is 245 g/mol. The molecule has 0 atom stereocenters. The maximum absolute atomic E-state index is 5.60. The van der Waals surface area contributed by atoms with E-state index in [2.05, 4.69) is 33.0 Å². The van der Waals surface area contributed by atoms with Gasteiger partial charge in [-0.05, 0) is 13.1 Å². The molecular weight excluding hydrogens is 234 g/mol. The molecule has 0 bridgehead atoms. The SMILES string of the molecule is CNCc1nnc(-c2csc3ccccc23)o1. The summed E-state index contributed by atoms with van der Waals surface area (Å²) < 4.78 is 6.83. The molecule has 0 saturated carbocycles. The van der Waals surface area contributed by atoms with Crippen LogP contribution in [0.3, 0.4) is 0 Å². The summed E-state index contributed by atoms with van der Waals surface area (Å²) in [4.78, 5) is 0. The molecule has 3 rings (SSSR count). The highest BCUT2D eigenvalue weighted by atomic mass is 32.1. The van der Waals surface area contributed by atoms with Crippen LogP contribution in [0.5, 0.6) is 0 Å². The molecule has 0 spiro atoms. The van der Waals surface area contributed by atoms with Gasteiger partial charge in [0.15, 0.2) is 0 Å². The highest BCUT2D eigenvalue weighted by Crippen LogP contribution is 2.32. The highest BCUT2D eigenvalue weighted by Gasteiger charge is 2.12. The second-order valence-electron chi connectivity index (χ2n) is 3.68. The summed E-state index contributed by atoms with van der Waals surface area (Å²) >= 11 is 1.69. The van der Waals surface area contributed by atoms with Gasteiger partial charge in [-0.2, -0.15) is 0 Å². The lowest BCUT2D eigenvalue weighted by molar-refractivity contribution is 0.491. The smallest absolute Gasteiger partial charge is 0.249 e. The van der Waals surface area contributed by atoms with Gasteiger partial charge in [0.1, 0.15) is 0 Å². The molecule has 0 aliphatic heterocycles. The normalized spacial score (nSPS) is 11.1. The summed E-state index contributed by atoms with van der Waals surface area (Å²) in [6, 6.07) is 8.21. The molecule has 86 valence electrons. The van der Waals surface area contributed by atoms with Crippen LogP contribution in [0.1, 0.15) is 5.89 Å². The van der Waals surface area contributed by atoms with Crippen LogP contribution >= 0.6 is 11.3 Å². The maximum atomic E-state index is 5.60. The van der Waals surface area contributed by atoms with E-state index < -0.39 is 0 Å². The van der Waals surface area contributed by atoms with Gasteiger partial charge in [-0.3, -0.25) is 0 Å². The van der Waals surface area contributed by atoms with E-state index in [9.17, 15) is 0 Å². The molecule has 0 radical (unpaired) electrons. The van der Waals surface area contributed by atoms with Gasteiger partial charge in [0.25, 0.3) is 0 Å². The van der Waals surface area contributed by atoms with Gasteiger partial charge in [-0.1, -0.05) is 18.2 Å². The molecule has 1 N–H and O–H groups in total. The Labute approximate surface area is 102 Å². The van der Waals surface area contributed by atoms with E-state index in [1.807, 2.05) is 19.2 Å². The Hall–Kier alpha value is -1.72. The summed E-state index contributed by atoms with van der Waals surface area (Å²) in [6.07, 6.45) is 0. The molecular formula is C12H11N3OS. The Balaban J connectivity index is 2.07. The molecule has 2 heterocycles. The Kier molecular flexibility index (Phi) is 2.62. The van der Waals surface area contributed by atoms with Gasteiger partial charge >= 0.3 is 0 Å². The first-order valence-electron chi connectivity index (χ1n) is 5.32. The Morgan fingerprint density at radius 1 is 1.29 bits per heavy atom. The summed E-state index contributed by atoms with van der Waals surface area (Å²) in [6.45, 7) is 0.592. The van der Waals surface area contributed by atoms with E-state index in [1.54, 1.807) is 11.3 Å². The molecule has 3 aromatic rings. The quantitative estimate of drug-likeness (QED) is 0.770. The zero-order valence-corrected chi connectivity index (χ0v) is 10.1. The van der Waals surface area contributed by atoms with Gasteiger partial charge in [0.2, 0.25) is 11.8 Å². The first-order valence-corrected chi connectivity index (χ1v) is 6.20. The van der Waals surface area contributed by atoms with E-state index >= 15 is 0 Å². The average Bonchev–Trinajstić information content (AvgIpc) is 2.95. The fourth-order valence-electron chi connectivity index (χ4n) is 1.73. The molecule has 0 unspecified atom stereocenters. The zero-order valence-electron chi connectivity index (χ0n) is 9.30.